The van der Waals surface area contributed by atoms with Crippen molar-refractivity contribution in [2.24, 2.45) is 0 Å². The van der Waals surface area contributed by atoms with Crippen molar-refractivity contribution in [1.29, 1.82) is 0 Å². The van der Waals surface area contributed by atoms with Crippen molar-refractivity contribution in [3.63, 3.8) is 0 Å². The van der Waals surface area contributed by atoms with Crippen LogP contribution in [0.15, 0.2) is 35.4 Å². The molecule has 1 N–H and O–H groups in total. The second-order valence-electron chi connectivity index (χ2n) is 4.60. The Morgan fingerprint density at radius 3 is 2.44 bits per heavy atom. The number of hydrogen-bond donors (Lipinski definition) is 1. The summed E-state index contributed by atoms with van der Waals surface area (Å²) in [6.45, 7) is 1.77. The Kier molecular flexibility index (Phi) is 2.43. The van der Waals surface area contributed by atoms with Crippen LogP contribution in [0.1, 0.15) is 34.1 Å². The number of ether oxygens (including phenoxy) is 1. The molecule has 92 valence electrons. The highest BCUT2D eigenvalue weighted by atomic mass is 16.6. The van der Waals surface area contributed by atoms with E-state index in [0.29, 0.717) is 23.1 Å². The molecule has 2 aliphatic rings. The highest BCUT2D eigenvalue weighted by Gasteiger charge is 2.39. The lowest BCUT2D eigenvalue weighted by Crippen LogP contribution is -2.37. The van der Waals surface area contributed by atoms with Crippen LogP contribution in [0, 0.1) is 0 Å². The zero-order valence-electron chi connectivity index (χ0n) is 9.84. The Hall–Kier alpha value is -1.78. The van der Waals surface area contributed by atoms with Crippen LogP contribution in [0.5, 0.6) is 0 Å². The highest BCUT2D eigenvalue weighted by Crippen LogP contribution is 2.34. The van der Waals surface area contributed by atoms with Crippen LogP contribution in [0.25, 0.3) is 0 Å². The summed E-state index contributed by atoms with van der Waals surface area (Å²) < 4.78 is 5.21. The molecule has 0 radical (unpaired) electrons. The topological polar surface area (TPSA) is 63.6 Å². The van der Waals surface area contributed by atoms with Gasteiger partial charge in [-0.15, -0.1) is 0 Å². The molecular weight excluding hydrogens is 232 g/mol. The van der Waals surface area contributed by atoms with Crippen LogP contribution < -0.4 is 0 Å². The Labute approximate surface area is 104 Å². The summed E-state index contributed by atoms with van der Waals surface area (Å²) in [5, 5.41) is 9.84. The van der Waals surface area contributed by atoms with Crippen LogP contribution in [0.2, 0.25) is 0 Å². The summed E-state index contributed by atoms with van der Waals surface area (Å²) >= 11 is 0. The second kappa shape index (κ2) is 3.86. The molecule has 0 saturated heterocycles. The lowest BCUT2D eigenvalue weighted by Gasteiger charge is -2.31. The van der Waals surface area contributed by atoms with Gasteiger partial charge >= 0.3 is 0 Å². The van der Waals surface area contributed by atoms with Gasteiger partial charge < -0.3 is 9.84 Å². The quantitative estimate of drug-likeness (QED) is 0.751. The van der Waals surface area contributed by atoms with E-state index in [0.717, 1.165) is 0 Å². The zero-order valence-corrected chi connectivity index (χ0v) is 9.84. The summed E-state index contributed by atoms with van der Waals surface area (Å²) in [5.74, 6) is -0.478. The van der Waals surface area contributed by atoms with Gasteiger partial charge in [0.25, 0.3) is 0 Å². The summed E-state index contributed by atoms with van der Waals surface area (Å²) in [6, 6.07) is 6.68. The van der Waals surface area contributed by atoms with Gasteiger partial charge in [0.2, 0.25) is 0 Å². The fourth-order valence-corrected chi connectivity index (χ4v) is 2.53. The van der Waals surface area contributed by atoms with Crippen molar-refractivity contribution in [1.82, 2.24) is 0 Å². The maximum absolute atomic E-state index is 12.3. The molecule has 1 aliphatic carbocycles. The van der Waals surface area contributed by atoms with Crippen LogP contribution in [-0.4, -0.2) is 29.1 Å². The van der Waals surface area contributed by atoms with Gasteiger partial charge in [0.15, 0.2) is 17.9 Å². The van der Waals surface area contributed by atoms with Crippen molar-refractivity contribution in [2.45, 2.75) is 25.7 Å². The third-order valence-electron chi connectivity index (χ3n) is 3.36. The number of aliphatic hydroxyl groups is 1. The van der Waals surface area contributed by atoms with Gasteiger partial charge in [-0.1, -0.05) is 24.3 Å². The van der Waals surface area contributed by atoms with E-state index >= 15 is 0 Å². The SMILES string of the molecule is C[C@H]1CC2=C(C(=O)c3ccccc3C2=O)[C@H](O)O1. The van der Waals surface area contributed by atoms with E-state index in [9.17, 15) is 14.7 Å². The van der Waals surface area contributed by atoms with Gasteiger partial charge in [0, 0.05) is 23.1 Å². The van der Waals surface area contributed by atoms with Crippen LogP contribution >= 0.6 is 0 Å². The average Bonchev–Trinajstić information content (AvgIpc) is 2.35. The fourth-order valence-electron chi connectivity index (χ4n) is 2.53. The summed E-state index contributed by atoms with van der Waals surface area (Å²) in [7, 11) is 0. The fraction of sp³-hybridized carbons (Fsp3) is 0.286. The number of fused-ring (bicyclic) bond motifs is 1. The normalized spacial score (nSPS) is 27.0. The molecule has 0 amide bonds. The molecular formula is C14H12O4. The first kappa shape index (κ1) is 11.3. The van der Waals surface area contributed by atoms with E-state index in [1.165, 1.54) is 0 Å². The first-order valence-corrected chi connectivity index (χ1v) is 5.84. The Morgan fingerprint density at radius 2 is 1.78 bits per heavy atom. The number of benzene rings is 1. The lowest BCUT2D eigenvalue weighted by atomic mass is 9.80. The minimum atomic E-state index is -1.30. The molecule has 0 fully saturated rings. The third kappa shape index (κ3) is 1.46. The van der Waals surface area contributed by atoms with Crippen molar-refractivity contribution in [3.8, 4) is 0 Å². The minimum absolute atomic E-state index is 0.108. The monoisotopic (exact) mass is 244 g/mol. The third-order valence-corrected chi connectivity index (χ3v) is 3.36. The standard InChI is InChI=1S/C14H12O4/c1-7-6-10-11(14(17)18-7)13(16)9-5-3-2-4-8(9)12(10)15/h2-5,7,14,17H,6H2,1H3/t7-,14+/m0/s1. The van der Waals surface area contributed by atoms with Crippen LogP contribution in [0.4, 0.5) is 0 Å². The first-order chi connectivity index (χ1) is 8.59. The molecule has 1 heterocycles. The highest BCUT2D eigenvalue weighted by molar-refractivity contribution is 6.27. The molecule has 1 aromatic carbocycles. The average molecular weight is 244 g/mol. The zero-order chi connectivity index (χ0) is 12.9. The number of hydrogen-bond acceptors (Lipinski definition) is 4. The Bertz CT molecular complexity index is 585. The number of ketones is 2. The smallest absolute Gasteiger partial charge is 0.195 e. The number of aliphatic hydroxyl groups excluding tert-OH is 1. The van der Waals surface area contributed by atoms with Crippen LogP contribution in [0.3, 0.4) is 0 Å². The Balaban J connectivity index is 2.20. The number of Topliss-reactive ketones (excluding diaryl/α,β-unsaturated/α-hetero) is 2. The van der Waals surface area contributed by atoms with Crippen molar-refractivity contribution >= 4 is 11.6 Å². The Morgan fingerprint density at radius 1 is 1.17 bits per heavy atom. The predicted molar refractivity (Wildman–Crippen MR) is 63.3 cm³/mol. The molecule has 4 heteroatoms. The predicted octanol–water partition coefficient (Wildman–Crippen LogP) is 1.49. The van der Waals surface area contributed by atoms with E-state index in [1.54, 1.807) is 31.2 Å². The molecule has 18 heavy (non-hydrogen) atoms. The summed E-state index contributed by atoms with van der Waals surface area (Å²) in [6.07, 6.45) is -1.19. The van der Waals surface area contributed by atoms with E-state index in [4.69, 9.17) is 4.74 Å². The van der Waals surface area contributed by atoms with Gasteiger partial charge in [-0.3, -0.25) is 9.59 Å². The lowest BCUT2D eigenvalue weighted by molar-refractivity contribution is -0.112. The second-order valence-corrected chi connectivity index (χ2v) is 4.60. The van der Waals surface area contributed by atoms with E-state index in [-0.39, 0.29) is 23.2 Å². The van der Waals surface area contributed by atoms with Crippen molar-refractivity contribution < 1.29 is 19.4 Å². The molecule has 0 saturated carbocycles. The molecule has 4 nitrogen and oxygen atoms in total. The number of carbonyl (C=O) groups is 2. The van der Waals surface area contributed by atoms with Gasteiger partial charge in [0.05, 0.1) is 11.7 Å². The van der Waals surface area contributed by atoms with Crippen LogP contribution in [-0.2, 0) is 4.74 Å². The molecule has 0 spiro atoms. The molecule has 0 bridgehead atoms. The van der Waals surface area contributed by atoms with Crippen molar-refractivity contribution in [2.75, 3.05) is 0 Å². The molecule has 1 aliphatic heterocycles. The van der Waals surface area contributed by atoms with Gasteiger partial charge in [-0.25, -0.2) is 0 Å². The largest absolute Gasteiger partial charge is 0.364 e. The minimum Gasteiger partial charge on any atom is -0.364 e. The maximum atomic E-state index is 12.3. The maximum Gasteiger partial charge on any atom is 0.195 e. The van der Waals surface area contributed by atoms with E-state index in [2.05, 4.69) is 0 Å². The van der Waals surface area contributed by atoms with Gasteiger partial charge in [-0.05, 0) is 6.92 Å². The van der Waals surface area contributed by atoms with E-state index in [1.807, 2.05) is 0 Å². The molecule has 0 unspecified atom stereocenters. The van der Waals surface area contributed by atoms with Crippen molar-refractivity contribution in [3.05, 3.63) is 46.5 Å². The van der Waals surface area contributed by atoms with Gasteiger partial charge in [-0.2, -0.15) is 0 Å². The number of carbonyl (C=O) groups excluding carboxylic acids is 2. The first-order valence-electron chi connectivity index (χ1n) is 5.84. The molecule has 3 rings (SSSR count). The molecule has 0 aromatic heterocycles. The summed E-state index contributed by atoms with van der Waals surface area (Å²) in [4.78, 5) is 24.6. The molecule has 2 atom stereocenters. The van der Waals surface area contributed by atoms with E-state index < -0.39 is 6.29 Å². The van der Waals surface area contributed by atoms with Gasteiger partial charge in [0.1, 0.15) is 0 Å². The number of rotatable bonds is 0. The molecule has 1 aromatic rings. The summed E-state index contributed by atoms with van der Waals surface area (Å²) in [5.41, 5.74) is 1.27.